The van der Waals surface area contributed by atoms with Crippen LogP contribution in [0.15, 0.2) is 66.6 Å². The highest BCUT2D eigenvalue weighted by Crippen LogP contribution is 2.29. The molecule has 0 fully saturated rings. The second-order valence-corrected chi connectivity index (χ2v) is 4.17. The van der Waals surface area contributed by atoms with E-state index in [-0.39, 0.29) is 17.6 Å². The van der Waals surface area contributed by atoms with Crippen LogP contribution < -0.4 is 4.65 Å². The molecule has 3 nitrogen and oxygen atoms in total. The van der Waals surface area contributed by atoms with Gasteiger partial charge in [0.25, 0.3) is 0 Å². The van der Waals surface area contributed by atoms with E-state index in [0.29, 0.717) is 5.56 Å². The highest BCUT2D eigenvalue weighted by Gasteiger charge is 2.11. The first-order valence-corrected chi connectivity index (χ1v) is 6.03. The summed E-state index contributed by atoms with van der Waals surface area (Å²) in [6.45, 7) is 0. The highest BCUT2D eigenvalue weighted by molar-refractivity contribution is 6.33. The van der Waals surface area contributed by atoms with Crippen molar-refractivity contribution in [1.29, 1.82) is 0 Å². The Morgan fingerprint density at radius 3 is 2.35 bits per heavy atom. The van der Waals surface area contributed by atoms with Gasteiger partial charge < -0.3 is 14.7 Å². The third kappa shape index (κ3) is 2.52. The van der Waals surface area contributed by atoms with E-state index < -0.39 is 25.2 Å². The van der Waals surface area contributed by atoms with Crippen molar-refractivity contribution in [3.8, 4) is 16.9 Å². The molecule has 4 heteroatoms. The van der Waals surface area contributed by atoms with Crippen LogP contribution in [0.3, 0.4) is 0 Å². The van der Waals surface area contributed by atoms with Gasteiger partial charge >= 0.3 is 7.32 Å². The summed E-state index contributed by atoms with van der Waals surface area (Å²) in [5.74, 6) is -0.496. The van der Waals surface area contributed by atoms with Crippen LogP contribution in [0.1, 0.15) is 5.48 Å². The van der Waals surface area contributed by atoms with Crippen LogP contribution in [-0.2, 0) is 0 Å². The summed E-state index contributed by atoms with van der Waals surface area (Å²) in [5.41, 5.74) is 0.711. The fourth-order valence-electron chi connectivity index (χ4n) is 2.04. The van der Waals surface area contributed by atoms with E-state index in [9.17, 15) is 0 Å². The van der Waals surface area contributed by atoms with Crippen LogP contribution in [0, 0.1) is 0 Å². The molecule has 0 aliphatic carbocycles. The minimum Gasteiger partial charge on any atom is -0.512 e. The Morgan fingerprint density at radius 1 is 0.900 bits per heavy atom. The van der Waals surface area contributed by atoms with Gasteiger partial charge in [-0.1, -0.05) is 54.5 Å². The van der Waals surface area contributed by atoms with Crippen molar-refractivity contribution in [2.24, 2.45) is 0 Å². The van der Waals surface area contributed by atoms with E-state index in [2.05, 4.69) is 4.65 Å². The van der Waals surface area contributed by atoms with Crippen LogP contribution in [0.4, 0.5) is 0 Å². The lowest BCUT2D eigenvalue weighted by Gasteiger charge is -2.09. The van der Waals surface area contributed by atoms with Crippen molar-refractivity contribution in [2.75, 3.05) is 0 Å². The molecular formula is C16H13BO3. The Bertz CT molecular complexity index is 896. The number of benzene rings is 3. The molecule has 0 bridgehead atoms. The van der Waals surface area contributed by atoms with Gasteiger partial charge in [0.2, 0.25) is 0 Å². The molecule has 0 amide bonds. The van der Waals surface area contributed by atoms with Crippen molar-refractivity contribution in [2.45, 2.75) is 0 Å². The van der Waals surface area contributed by atoms with E-state index in [0.717, 1.165) is 10.8 Å². The van der Waals surface area contributed by atoms with Crippen LogP contribution >= 0.6 is 0 Å². The molecule has 0 saturated heterocycles. The normalized spacial score (nSPS) is 13.3. The van der Waals surface area contributed by atoms with E-state index in [1.807, 2.05) is 30.3 Å². The molecule has 0 unspecified atom stereocenters. The molecule has 0 spiro atoms. The molecule has 0 aromatic heterocycles. The monoisotopic (exact) mass is 268 g/mol. The predicted octanol–water partition coefficient (Wildman–Crippen LogP) is 2.86. The summed E-state index contributed by atoms with van der Waals surface area (Å²) in [7, 11) is -2.22. The minimum absolute atomic E-state index is 0.140. The Kier molecular flexibility index (Phi) is 2.36. The Morgan fingerprint density at radius 2 is 1.60 bits per heavy atom. The molecule has 2 N–H and O–H groups in total. The van der Waals surface area contributed by atoms with Crippen molar-refractivity contribution < 1.29 is 20.2 Å². The maximum Gasteiger partial charge on any atom is 0.707 e. The molecule has 0 aliphatic rings. The molecular weight excluding hydrogens is 251 g/mol. The largest absolute Gasteiger partial charge is 0.707 e. The van der Waals surface area contributed by atoms with Crippen molar-refractivity contribution in [1.82, 2.24) is 0 Å². The zero-order chi connectivity index (χ0) is 17.4. The molecule has 3 aromatic rings. The standard InChI is InChI=1S/C16H13BO3/c18-17(19)20-14-10-8-13(9-11-14)16-7-3-5-12-4-1-2-6-15(12)16/h1-11,18-19H/i8D,9D,10D,11D. The van der Waals surface area contributed by atoms with Gasteiger partial charge in [0.15, 0.2) is 0 Å². The van der Waals surface area contributed by atoms with E-state index in [1.165, 1.54) is 0 Å². The highest BCUT2D eigenvalue weighted by atomic mass is 16.6. The van der Waals surface area contributed by atoms with Crippen molar-refractivity contribution >= 4 is 18.1 Å². The lowest BCUT2D eigenvalue weighted by Crippen LogP contribution is -2.20. The minimum atomic E-state index is -2.22. The van der Waals surface area contributed by atoms with Crippen LogP contribution in [0.2, 0.25) is 0 Å². The number of hydrogen-bond acceptors (Lipinski definition) is 3. The lowest BCUT2D eigenvalue weighted by atomic mass is 9.98. The van der Waals surface area contributed by atoms with Gasteiger partial charge in [-0.15, -0.1) is 0 Å². The van der Waals surface area contributed by atoms with Gasteiger partial charge in [-0.2, -0.15) is 0 Å². The van der Waals surface area contributed by atoms with Crippen molar-refractivity contribution in [3.63, 3.8) is 0 Å². The number of rotatable bonds is 3. The first kappa shape index (κ1) is 8.79. The van der Waals surface area contributed by atoms with Gasteiger partial charge in [-0.3, -0.25) is 0 Å². The molecule has 20 heavy (non-hydrogen) atoms. The van der Waals surface area contributed by atoms with Crippen LogP contribution in [0.25, 0.3) is 21.9 Å². The SMILES string of the molecule is [2H]c1c([2H])c(-c2cccc3ccccc23)c([2H])c([2H])c1OB(O)O. The number of fused-ring (bicyclic) bond motifs is 1. The summed E-state index contributed by atoms with van der Waals surface area (Å²) >= 11 is 0. The average Bonchev–Trinajstić information content (AvgIpc) is 2.57. The quantitative estimate of drug-likeness (QED) is 0.718. The van der Waals surface area contributed by atoms with E-state index >= 15 is 0 Å². The van der Waals surface area contributed by atoms with Gasteiger partial charge in [0, 0.05) is 0 Å². The zero-order valence-corrected chi connectivity index (χ0v) is 10.4. The molecule has 98 valence electrons. The third-order valence-electron chi connectivity index (χ3n) is 2.88. The fourth-order valence-corrected chi connectivity index (χ4v) is 2.04. The Hall–Kier alpha value is -2.30. The molecule has 0 atom stereocenters. The van der Waals surface area contributed by atoms with Gasteiger partial charge in [-0.05, 0) is 34.0 Å². The second kappa shape index (κ2) is 5.37. The maximum absolute atomic E-state index is 8.91. The molecule has 0 saturated carbocycles. The molecule has 0 heterocycles. The maximum atomic E-state index is 8.91. The van der Waals surface area contributed by atoms with E-state index in [4.69, 9.17) is 15.5 Å². The summed E-state index contributed by atoms with van der Waals surface area (Å²) in [6, 6.07) is 11.3. The fraction of sp³-hybridized carbons (Fsp3) is 0. The lowest BCUT2D eigenvalue weighted by molar-refractivity contribution is 0.288. The molecule has 0 radical (unpaired) electrons. The topological polar surface area (TPSA) is 49.7 Å². The predicted molar refractivity (Wildman–Crippen MR) is 80.2 cm³/mol. The zero-order valence-electron chi connectivity index (χ0n) is 14.4. The van der Waals surface area contributed by atoms with Gasteiger partial charge in [0.1, 0.15) is 5.75 Å². The summed E-state index contributed by atoms with van der Waals surface area (Å²) in [6.07, 6.45) is 0. The summed E-state index contributed by atoms with van der Waals surface area (Å²) in [4.78, 5) is 0. The molecule has 0 aliphatic heterocycles. The first-order chi connectivity index (χ1) is 11.4. The van der Waals surface area contributed by atoms with Gasteiger partial charge in [0.05, 0.1) is 5.48 Å². The Balaban J connectivity index is 2.33. The summed E-state index contributed by atoms with van der Waals surface area (Å²) in [5, 5.41) is 19.5. The van der Waals surface area contributed by atoms with Crippen molar-refractivity contribution in [3.05, 3.63) is 66.6 Å². The number of hydrogen-bond donors (Lipinski definition) is 2. The van der Waals surface area contributed by atoms with Gasteiger partial charge in [-0.25, -0.2) is 0 Å². The first-order valence-electron chi connectivity index (χ1n) is 8.03. The second-order valence-electron chi connectivity index (χ2n) is 4.17. The van der Waals surface area contributed by atoms with Crippen LogP contribution in [-0.4, -0.2) is 17.4 Å². The smallest absolute Gasteiger partial charge is 0.512 e. The van der Waals surface area contributed by atoms with E-state index in [1.54, 1.807) is 12.1 Å². The Labute approximate surface area is 122 Å². The average molecular weight is 268 g/mol. The third-order valence-corrected chi connectivity index (χ3v) is 2.88. The summed E-state index contributed by atoms with van der Waals surface area (Å²) < 4.78 is 37.0. The molecule has 3 rings (SSSR count). The van der Waals surface area contributed by atoms with Crippen LogP contribution in [0.5, 0.6) is 5.75 Å². The molecule has 3 aromatic carbocycles.